The summed E-state index contributed by atoms with van der Waals surface area (Å²) in [5, 5.41) is 42.4. The molecule has 0 saturated heterocycles. The summed E-state index contributed by atoms with van der Waals surface area (Å²) < 4.78 is 1.68. The maximum absolute atomic E-state index is 14.2. The van der Waals surface area contributed by atoms with Gasteiger partial charge in [-0.1, -0.05) is 85.0 Å². The predicted octanol–water partition coefficient (Wildman–Crippen LogP) is 5.94. The van der Waals surface area contributed by atoms with Crippen LogP contribution in [-0.4, -0.2) is 48.6 Å². The van der Waals surface area contributed by atoms with Crippen LogP contribution in [0.15, 0.2) is 115 Å². The Morgan fingerprint density at radius 2 is 1.75 bits per heavy atom. The van der Waals surface area contributed by atoms with Crippen molar-refractivity contribution >= 4 is 34.6 Å². The van der Waals surface area contributed by atoms with Crippen LogP contribution in [-0.2, 0) is 34.7 Å². The maximum Gasteiger partial charge on any atom is 0.269 e. The van der Waals surface area contributed by atoms with Crippen LogP contribution in [0.3, 0.4) is 0 Å². The molecule has 0 fully saturated rings. The van der Waals surface area contributed by atoms with E-state index in [0.29, 0.717) is 42.9 Å². The number of amides is 2. The van der Waals surface area contributed by atoms with Crippen LogP contribution in [0.5, 0.6) is 0 Å². The Morgan fingerprint density at radius 3 is 2.54 bits per heavy atom. The van der Waals surface area contributed by atoms with Crippen molar-refractivity contribution in [1.82, 2.24) is 15.0 Å². The molecular formula is C40H38N6O6. The number of para-hydroxylation sites is 1. The number of nitro groups is 1. The molecule has 1 unspecified atom stereocenters. The minimum Gasteiger partial charge on any atom is -0.395 e. The third-order valence-corrected chi connectivity index (χ3v) is 9.97. The van der Waals surface area contributed by atoms with E-state index < -0.39 is 22.3 Å². The van der Waals surface area contributed by atoms with Crippen LogP contribution in [0.1, 0.15) is 53.6 Å². The van der Waals surface area contributed by atoms with Crippen molar-refractivity contribution in [2.24, 2.45) is 5.92 Å². The van der Waals surface area contributed by atoms with Gasteiger partial charge < -0.3 is 15.1 Å². The number of benzene rings is 4. The van der Waals surface area contributed by atoms with E-state index in [1.165, 1.54) is 23.1 Å². The van der Waals surface area contributed by atoms with Crippen molar-refractivity contribution in [3.63, 3.8) is 0 Å². The van der Waals surface area contributed by atoms with E-state index in [-0.39, 0.29) is 36.2 Å². The summed E-state index contributed by atoms with van der Waals surface area (Å²) in [6, 6.07) is 28.9. The van der Waals surface area contributed by atoms with Gasteiger partial charge in [0, 0.05) is 48.5 Å². The van der Waals surface area contributed by atoms with E-state index >= 15 is 0 Å². The monoisotopic (exact) mass is 698 g/mol. The third-order valence-electron chi connectivity index (χ3n) is 9.97. The lowest BCUT2D eigenvalue weighted by Gasteiger charge is -2.30. The number of rotatable bonds is 12. The van der Waals surface area contributed by atoms with Crippen LogP contribution in [0.4, 0.5) is 22.7 Å². The highest BCUT2D eigenvalue weighted by atomic mass is 16.6. The normalized spacial score (nSPS) is 18.1. The number of aryl methyl sites for hydroxylation is 2. The lowest BCUT2D eigenvalue weighted by Crippen LogP contribution is -2.44. The number of carbonyl (C=O) groups excluding carboxylic acids is 2. The standard InChI is InChI=1S/C40H38N6O6/c1-27(10-7-8-21-43-25-35(41-42-43)33(26-47)29-12-3-2-4-13-29)40(50)34-23-32(46(51)52)18-19-37(34)44(39(40)49)24-28-11-9-15-31(22-28)45-36-16-6-5-14-30(36)17-20-38(45)48/h2-7,9-16,18-19,22-23,25,27,33,47,50H,8,17,20-21,24,26H2,1H3/b10-7+/t27-,33?,40+/m0/s1. The van der Waals surface area contributed by atoms with E-state index in [0.717, 1.165) is 22.4 Å². The first-order valence-corrected chi connectivity index (χ1v) is 17.2. The number of anilines is 3. The van der Waals surface area contributed by atoms with Crippen molar-refractivity contribution in [3.05, 3.63) is 153 Å². The molecule has 2 amide bonds. The Kier molecular flexibility index (Phi) is 9.50. The van der Waals surface area contributed by atoms with E-state index in [9.17, 15) is 29.9 Å². The molecule has 0 spiro atoms. The van der Waals surface area contributed by atoms with Gasteiger partial charge in [0.05, 0.1) is 41.1 Å². The second kappa shape index (κ2) is 14.3. The number of carbonyl (C=O) groups is 2. The molecule has 4 aromatic carbocycles. The number of hydrogen-bond donors (Lipinski definition) is 2. The van der Waals surface area contributed by atoms with Gasteiger partial charge in [0.1, 0.15) is 0 Å². The van der Waals surface area contributed by atoms with Crippen molar-refractivity contribution in [2.75, 3.05) is 16.4 Å². The molecule has 0 bridgehead atoms. The molecule has 2 aliphatic rings. The fourth-order valence-corrected chi connectivity index (χ4v) is 7.18. The lowest BCUT2D eigenvalue weighted by atomic mass is 9.82. The topological polar surface area (TPSA) is 155 Å². The Morgan fingerprint density at radius 1 is 0.962 bits per heavy atom. The zero-order valence-corrected chi connectivity index (χ0v) is 28.6. The average molecular weight is 699 g/mol. The number of aliphatic hydroxyl groups is 2. The Labute approximate surface area is 300 Å². The summed E-state index contributed by atoms with van der Waals surface area (Å²) in [6.07, 6.45) is 6.93. The molecule has 5 aromatic rings. The largest absolute Gasteiger partial charge is 0.395 e. The van der Waals surface area contributed by atoms with Crippen molar-refractivity contribution in [2.45, 2.75) is 50.8 Å². The molecule has 12 nitrogen and oxygen atoms in total. The fraction of sp³-hybridized carbons (Fsp3) is 0.250. The number of non-ortho nitro benzene ring substituents is 1. The average Bonchev–Trinajstić information content (AvgIpc) is 3.71. The molecule has 0 radical (unpaired) electrons. The summed E-state index contributed by atoms with van der Waals surface area (Å²) in [5.41, 5.74) is 3.13. The molecule has 0 aliphatic carbocycles. The smallest absolute Gasteiger partial charge is 0.269 e. The van der Waals surface area contributed by atoms with Crippen molar-refractivity contribution in [3.8, 4) is 0 Å². The molecule has 0 saturated carbocycles. The van der Waals surface area contributed by atoms with Crippen LogP contribution < -0.4 is 9.80 Å². The Balaban J connectivity index is 1.10. The molecule has 3 heterocycles. The minimum atomic E-state index is -2.07. The van der Waals surface area contributed by atoms with Gasteiger partial charge in [0.15, 0.2) is 5.60 Å². The van der Waals surface area contributed by atoms with E-state index in [1.54, 1.807) is 28.8 Å². The minimum absolute atomic E-state index is 0.0217. The summed E-state index contributed by atoms with van der Waals surface area (Å²) in [6.45, 7) is 2.14. The molecule has 52 heavy (non-hydrogen) atoms. The second-order valence-electron chi connectivity index (χ2n) is 13.2. The predicted molar refractivity (Wildman–Crippen MR) is 195 cm³/mol. The molecule has 1 aromatic heterocycles. The number of nitro benzene ring substituents is 1. The maximum atomic E-state index is 14.2. The van der Waals surface area contributed by atoms with Gasteiger partial charge in [-0.3, -0.25) is 29.3 Å². The lowest BCUT2D eigenvalue weighted by molar-refractivity contribution is -0.385. The Hall–Kier alpha value is -5.98. The number of nitrogens with zero attached hydrogens (tertiary/aromatic N) is 6. The van der Waals surface area contributed by atoms with Gasteiger partial charge in [-0.2, -0.15) is 0 Å². The number of fused-ring (bicyclic) bond motifs is 2. The first-order valence-electron chi connectivity index (χ1n) is 17.2. The second-order valence-corrected chi connectivity index (χ2v) is 13.2. The molecular weight excluding hydrogens is 660 g/mol. The molecule has 264 valence electrons. The summed E-state index contributed by atoms with van der Waals surface area (Å²) >= 11 is 0. The zero-order valence-electron chi connectivity index (χ0n) is 28.6. The quantitative estimate of drug-likeness (QED) is 0.0922. The van der Waals surface area contributed by atoms with Gasteiger partial charge >= 0.3 is 0 Å². The third kappa shape index (κ3) is 6.38. The van der Waals surface area contributed by atoms with Crippen LogP contribution in [0.2, 0.25) is 0 Å². The highest BCUT2D eigenvalue weighted by Gasteiger charge is 2.53. The van der Waals surface area contributed by atoms with E-state index in [4.69, 9.17) is 0 Å². The Bertz CT molecular complexity index is 2170. The highest BCUT2D eigenvalue weighted by Crippen LogP contribution is 2.47. The molecule has 7 rings (SSSR count). The first-order chi connectivity index (χ1) is 25.2. The molecule has 2 aliphatic heterocycles. The summed E-state index contributed by atoms with van der Waals surface area (Å²) in [5.74, 6) is -1.66. The van der Waals surface area contributed by atoms with Crippen LogP contribution in [0.25, 0.3) is 0 Å². The van der Waals surface area contributed by atoms with E-state index in [1.807, 2.05) is 84.9 Å². The van der Waals surface area contributed by atoms with Crippen molar-refractivity contribution in [1.29, 1.82) is 0 Å². The van der Waals surface area contributed by atoms with Gasteiger partial charge in [-0.05, 0) is 53.8 Å². The van der Waals surface area contributed by atoms with E-state index in [2.05, 4.69) is 10.3 Å². The highest BCUT2D eigenvalue weighted by molar-refractivity contribution is 6.07. The van der Waals surface area contributed by atoms with Crippen LogP contribution in [0, 0.1) is 16.0 Å². The molecule has 2 N–H and O–H groups in total. The number of allylic oxidation sites excluding steroid dienone is 1. The number of hydrogen-bond acceptors (Lipinski definition) is 8. The SMILES string of the molecule is C[C@@H](/C=C/CCn1cc(C(CO)c2ccccc2)nn1)[C@]1(O)C(=O)N(Cc2cccc(N3C(=O)CCc4ccccc43)c2)c2ccc([N+](=O)[O-])cc21. The zero-order chi connectivity index (χ0) is 36.4. The van der Waals surface area contributed by atoms with Gasteiger partial charge in [-0.25, -0.2) is 0 Å². The van der Waals surface area contributed by atoms with Crippen LogP contribution >= 0.6 is 0 Å². The molecule has 3 atom stereocenters. The van der Waals surface area contributed by atoms with Crippen molar-refractivity contribution < 1.29 is 24.7 Å². The number of aromatic nitrogens is 3. The first kappa shape index (κ1) is 34.5. The summed E-state index contributed by atoms with van der Waals surface area (Å²) in [7, 11) is 0. The number of aliphatic hydroxyl groups excluding tert-OH is 1. The van der Waals surface area contributed by atoms with Gasteiger partial charge in [0.25, 0.3) is 11.6 Å². The summed E-state index contributed by atoms with van der Waals surface area (Å²) in [4.78, 5) is 41.7. The molecule has 12 heteroatoms. The van der Waals surface area contributed by atoms with Gasteiger partial charge in [0.2, 0.25) is 5.91 Å². The fourth-order valence-electron chi connectivity index (χ4n) is 7.18. The van der Waals surface area contributed by atoms with Gasteiger partial charge in [-0.15, -0.1) is 5.10 Å².